The highest BCUT2D eigenvalue weighted by Crippen LogP contribution is 2.21. The third kappa shape index (κ3) is 3.65. The zero-order chi connectivity index (χ0) is 11.3. The Morgan fingerprint density at radius 3 is 2.40 bits per heavy atom. The molecule has 82 valence electrons. The van der Waals surface area contributed by atoms with Crippen molar-refractivity contribution in [1.29, 1.82) is 0 Å². The van der Waals surface area contributed by atoms with E-state index in [4.69, 9.17) is 4.43 Å². The zero-order valence-electron chi connectivity index (χ0n) is 10.0. The van der Waals surface area contributed by atoms with Crippen LogP contribution >= 0.6 is 0 Å². The molecule has 0 bridgehead atoms. The third-order valence-corrected chi connectivity index (χ3v) is 4.05. The summed E-state index contributed by atoms with van der Waals surface area (Å²) in [6.45, 7) is 6.47. The molecular weight excluding hydrogens is 200 g/mol. The van der Waals surface area contributed by atoms with Crippen molar-refractivity contribution in [1.82, 2.24) is 0 Å². The van der Waals surface area contributed by atoms with E-state index in [0.29, 0.717) is 5.92 Å². The third-order valence-electron chi connectivity index (χ3n) is 3.00. The van der Waals surface area contributed by atoms with Gasteiger partial charge >= 0.3 is 0 Å². The lowest BCUT2D eigenvalue weighted by atomic mass is 9.92. The summed E-state index contributed by atoms with van der Waals surface area (Å²) in [5, 5.41) is 0. The molecule has 1 aromatic rings. The normalized spacial score (nSPS) is 14.6. The predicted molar refractivity (Wildman–Crippen MR) is 69.7 cm³/mol. The van der Waals surface area contributed by atoms with E-state index < -0.39 is 0 Å². The molecule has 2 heteroatoms. The Kier molecular flexibility index (Phi) is 4.30. The Morgan fingerprint density at radius 2 is 1.87 bits per heavy atom. The van der Waals surface area contributed by atoms with Gasteiger partial charge in [0.15, 0.2) is 0 Å². The minimum absolute atomic E-state index is 0.0441. The standard InChI is InChI=1S/C13H20OSi/c1-11(13(2,3)14-15)9-10-12-7-5-4-6-8-12/h4-11H,1-3,15H3. The van der Waals surface area contributed by atoms with Crippen LogP contribution in [0.25, 0.3) is 6.08 Å². The Balaban J connectivity index is 2.66. The maximum Gasteiger partial charge on any atom is 0.146 e. The molecule has 0 aliphatic rings. The van der Waals surface area contributed by atoms with Gasteiger partial charge in [-0.15, -0.1) is 0 Å². The van der Waals surface area contributed by atoms with Crippen molar-refractivity contribution in [3.63, 3.8) is 0 Å². The molecule has 0 radical (unpaired) electrons. The van der Waals surface area contributed by atoms with Gasteiger partial charge in [0, 0.05) is 5.92 Å². The molecule has 0 spiro atoms. The second-order valence-corrected chi connectivity index (χ2v) is 4.77. The van der Waals surface area contributed by atoms with E-state index in [2.05, 4.69) is 57.2 Å². The van der Waals surface area contributed by atoms with Gasteiger partial charge in [0.05, 0.1) is 5.60 Å². The first kappa shape index (κ1) is 12.2. The molecule has 0 aromatic heterocycles. The first-order chi connectivity index (χ1) is 7.06. The van der Waals surface area contributed by atoms with E-state index in [0.717, 1.165) is 10.5 Å². The van der Waals surface area contributed by atoms with Crippen LogP contribution in [0.1, 0.15) is 26.3 Å². The molecule has 1 atom stereocenters. The molecule has 0 amide bonds. The lowest BCUT2D eigenvalue weighted by Gasteiger charge is -2.28. The van der Waals surface area contributed by atoms with Crippen LogP contribution in [-0.4, -0.2) is 16.1 Å². The van der Waals surface area contributed by atoms with Gasteiger partial charge in [-0.2, -0.15) is 0 Å². The molecule has 15 heavy (non-hydrogen) atoms. The van der Waals surface area contributed by atoms with Gasteiger partial charge in [-0.05, 0) is 19.4 Å². The first-order valence-electron chi connectivity index (χ1n) is 5.34. The smallest absolute Gasteiger partial charge is 0.146 e. The van der Waals surface area contributed by atoms with E-state index in [9.17, 15) is 0 Å². The first-order valence-corrected chi connectivity index (χ1v) is 6.16. The zero-order valence-corrected chi connectivity index (χ0v) is 12.0. The summed E-state index contributed by atoms with van der Waals surface area (Å²) >= 11 is 0. The fourth-order valence-corrected chi connectivity index (χ4v) is 1.61. The SMILES string of the molecule is CC(C=Cc1ccccc1)C(C)(C)O[SiH3]. The van der Waals surface area contributed by atoms with E-state index in [1.807, 2.05) is 6.07 Å². The van der Waals surface area contributed by atoms with Crippen LogP contribution in [0.15, 0.2) is 36.4 Å². The highest BCUT2D eigenvalue weighted by atomic mass is 28.2. The second-order valence-electron chi connectivity index (χ2n) is 4.37. The minimum atomic E-state index is -0.0441. The lowest BCUT2D eigenvalue weighted by Crippen LogP contribution is -2.30. The van der Waals surface area contributed by atoms with E-state index in [1.165, 1.54) is 5.56 Å². The summed E-state index contributed by atoms with van der Waals surface area (Å²) in [7, 11) is 0.789. The average molecular weight is 220 g/mol. The maximum absolute atomic E-state index is 5.58. The topological polar surface area (TPSA) is 9.23 Å². The average Bonchev–Trinajstić information content (AvgIpc) is 2.27. The highest BCUT2D eigenvalue weighted by molar-refractivity contribution is 5.98. The van der Waals surface area contributed by atoms with Crippen LogP contribution in [-0.2, 0) is 4.43 Å². The van der Waals surface area contributed by atoms with Crippen LogP contribution in [0, 0.1) is 5.92 Å². The van der Waals surface area contributed by atoms with Crippen molar-refractivity contribution >= 4 is 16.6 Å². The quantitative estimate of drug-likeness (QED) is 0.708. The van der Waals surface area contributed by atoms with Gasteiger partial charge in [-0.25, -0.2) is 0 Å². The highest BCUT2D eigenvalue weighted by Gasteiger charge is 2.21. The van der Waals surface area contributed by atoms with Crippen molar-refractivity contribution in [2.24, 2.45) is 5.92 Å². The molecule has 1 rings (SSSR count). The summed E-state index contributed by atoms with van der Waals surface area (Å²) in [6, 6.07) is 10.4. The van der Waals surface area contributed by atoms with Crippen LogP contribution in [0.3, 0.4) is 0 Å². The monoisotopic (exact) mass is 220 g/mol. The van der Waals surface area contributed by atoms with E-state index in [1.54, 1.807) is 0 Å². The Bertz CT molecular complexity index is 317. The van der Waals surface area contributed by atoms with Gasteiger partial charge in [-0.3, -0.25) is 0 Å². The number of benzene rings is 1. The van der Waals surface area contributed by atoms with Crippen LogP contribution in [0.2, 0.25) is 0 Å². The largest absolute Gasteiger partial charge is 0.422 e. The maximum atomic E-state index is 5.58. The fraction of sp³-hybridized carbons (Fsp3) is 0.385. The number of hydrogen-bond acceptors (Lipinski definition) is 1. The lowest BCUT2D eigenvalue weighted by molar-refractivity contribution is 0.0837. The summed E-state index contributed by atoms with van der Waals surface area (Å²) in [5.74, 6) is 0.426. The van der Waals surface area contributed by atoms with Crippen molar-refractivity contribution in [2.45, 2.75) is 26.4 Å². The van der Waals surface area contributed by atoms with E-state index >= 15 is 0 Å². The number of hydrogen-bond donors (Lipinski definition) is 0. The summed E-state index contributed by atoms with van der Waals surface area (Å²) in [4.78, 5) is 0. The van der Waals surface area contributed by atoms with Crippen molar-refractivity contribution in [3.8, 4) is 0 Å². The molecule has 1 aromatic carbocycles. The van der Waals surface area contributed by atoms with E-state index in [-0.39, 0.29) is 5.60 Å². The molecule has 0 aliphatic heterocycles. The molecule has 0 N–H and O–H groups in total. The molecule has 0 fully saturated rings. The van der Waals surface area contributed by atoms with Crippen LogP contribution < -0.4 is 0 Å². The Hall–Kier alpha value is -0.863. The summed E-state index contributed by atoms with van der Waals surface area (Å²) in [6.07, 6.45) is 4.38. The minimum Gasteiger partial charge on any atom is -0.422 e. The molecule has 0 aliphatic carbocycles. The predicted octanol–water partition coefficient (Wildman–Crippen LogP) is 2.41. The Morgan fingerprint density at radius 1 is 1.27 bits per heavy atom. The van der Waals surface area contributed by atoms with Crippen molar-refractivity contribution in [3.05, 3.63) is 42.0 Å². The van der Waals surface area contributed by atoms with Crippen LogP contribution in [0.4, 0.5) is 0 Å². The fourth-order valence-electron chi connectivity index (χ4n) is 1.24. The van der Waals surface area contributed by atoms with Gasteiger partial charge in [0.2, 0.25) is 0 Å². The Labute approximate surface area is 95.7 Å². The summed E-state index contributed by atoms with van der Waals surface area (Å²) in [5.41, 5.74) is 1.20. The number of rotatable bonds is 4. The van der Waals surface area contributed by atoms with Gasteiger partial charge in [0.1, 0.15) is 10.5 Å². The van der Waals surface area contributed by atoms with Crippen molar-refractivity contribution < 1.29 is 4.43 Å². The molecule has 1 unspecified atom stereocenters. The molecule has 1 nitrogen and oxygen atoms in total. The van der Waals surface area contributed by atoms with Gasteiger partial charge < -0.3 is 4.43 Å². The summed E-state index contributed by atoms with van der Waals surface area (Å²) < 4.78 is 5.58. The molecule has 0 saturated carbocycles. The van der Waals surface area contributed by atoms with Crippen molar-refractivity contribution in [2.75, 3.05) is 0 Å². The molecule has 0 saturated heterocycles. The second kappa shape index (κ2) is 5.28. The molecular formula is C13H20OSi. The van der Waals surface area contributed by atoms with Gasteiger partial charge in [0.25, 0.3) is 0 Å². The van der Waals surface area contributed by atoms with Gasteiger partial charge in [-0.1, -0.05) is 49.4 Å². The van der Waals surface area contributed by atoms with Crippen LogP contribution in [0.5, 0.6) is 0 Å². The molecule has 0 heterocycles.